The number of nitrogens with one attached hydrogen (secondary N) is 2. The zero-order valence-corrected chi connectivity index (χ0v) is 14.9. The van der Waals surface area contributed by atoms with E-state index in [4.69, 9.17) is 0 Å². The molecular formula is C20H19FN2O2S. The molecule has 0 saturated heterocycles. The molecule has 0 aliphatic carbocycles. The summed E-state index contributed by atoms with van der Waals surface area (Å²) in [5.74, 6) is -0.264. The average molecular weight is 370 g/mol. The molecule has 1 unspecified atom stereocenters. The van der Waals surface area contributed by atoms with Crippen molar-refractivity contribution in [2.45, 2.75) is 17.2 Å². The number of fused-ring (bicyclic) bond motifs is 2. The Morgan fingerprint density at radius 3 is 2.73 bits per heavy atom. The van der Waals surface area contributed by atoms with E-state index >= 15 is 0 Å². The molecule has 0 radical (unpaired) electrons. The average Bonchev–Trinajstić information content (AvgIpc) is 3.05. The molecule has 1 heterocycles. The normalized spacial score (nSPS) is 16.4. The first-order chi connectivity index (χ1) is 12.5. The molecule has 0 bridgehead atoms. The lowest BCUT2D eigenvalue weighted by Gasteiger charge is -2.12. The number of hydrogen-bond donors (Lipinski definition) is 2. The lowest BCUT2D eigenvalue weighted by atomic mass is 9.98. The topological polar surface area (TPSA) is 58.2 Å². The van der Waals surface area contributed by atoms with E-state index in [1.54, 1.807) is 24.3 Å². The number of sulfonamides is 1. The van der Waals surface area contributed by atoms with Crippen LogP contribution in [0.3, 0.4) is 0 Å². The van der Waals surface area contributed by atoms with Gasteiger partial charge in [-0.3, -0.25) is 0 Å². The molecule has 0 saturated carbocycles. The lowest BCUT2D eigenvalue weighted by molar-refractivity contribution is 0.570. The predicted octanol–water partition coefficient (Wildman–Crippen LogP) is 3.86. The Kier molecular flexibility index (Phi) is 4.38. The van der Waals surface area contributed by atoms with Gasteiger partial charge in [0.15, 0.2) is 0 Å². The molecule has 2 N–H and O–H groups in total. The summed E-state index contributed by atoms with van der Waals surface area (Å²) in [5.41, 5.74) is 2.32. The Hall–Kier alpha value is -2.44. The van der Waals surface area contributed by atoms with E-state index in [1.807, 2.05) is 18.2 Å². The third-order valence-electron chi connectivity index (χ3n) is 4.82. The van der Waals surface area contributed by atoms with Crippen LogP contribution in [0.5, 0.6) is 0 Å². The molecule has 4 rings (SSSR count). The Morgan fingerprint density at radius 1 is 1.08 bits per heavy atom. The zero-order chi connectivity index (χ0) is 18.1. The van der Waals surface area contributed by atoms with Crippen molar-refractivity contribution >= 4 is 26.5 Å². The molecule has 134 valence electrons. The third-order valence-corrected chi connectivity index (χ3v) is 6.26. The highest BCUT2D eigenvalue weighted by molar-refractivity contribution is 7.89. The SMILES string of the molecule is O=S(=O)(NCCC1CNc2ccccc21)c1cc(F)c2ccccc2c1. The van der Waals surface area contributed by atoms with E-state index in [1.165, 1.54) is 11.6 Å². The second kappa shape index (κ2) is 6.70. The van der Waals surface area contributed by atoms with Crippen LogP contribution in [0, 0.1) is 5.82 Å². The van der Waals surface area contributed by atoms with Crippen LogP contribution in [0.25, 0.3) is 10.8 Å². The number of rotatable bonds is 5. The van der Waals surface area contributed by atoms with Gasteiger partial charge in [0.1, 0.15) is 5.82 Å². The number of halogens is 1. The van der Waals surface area contributed by atoms with Crippen molar-refractivity contribution in [3.63, 3.8) is 0 Å². The summed E-state index contributed by atoms with van der Waals surface area (Å²) in [4.78, 5) is -0.0429. The van der Waals surface area contributed by atoms with Gasteiger partial charge >= 0.3 is 0 Å². The maximum Gasteiger partial charge on any atom is 0.240 e. The summed E-state index contributed by atoms with van der Waals surface area (Å²) < 4.78 is 41.9. The van der Waals surface area contributed by atoms with Crippen molar-refractivity contribution in [3.05, 3.63) is 72.0 Å². The van der Waals surface area contributed by atoms with E-state index in [-0.39, 0.29) is 10.8 Å². The van der Waals surface area contributed by atoms with Crippen molar-refractivity contribution in [3.8, 4) is 0 Å². The van der Waals surface area contributed by atoms with Crippen LogP contribution in [0.4, 0.5) is 10.1 Å². The van der Waals surface area contributed by atoms with Gasteiger partial charge in [-0.1, -0.05) is 42.5 Å². The molecule has 1 aliphatic heterocycles. The summed E-state index contributed by atoms with van der Waals surface area (Å²) in [6.45, 7) is 1.10. The first kappa shape index (κ1) is 17.0. The van der Waals surface area contributed by atoms with Gasteiger partial charge in [0.25, 0.3) is 0 Å². The number of hydrogen-bond acceptors (Lipinski definition) is 3. The Morgan fingerprint density at radius 2 is 1.85 bits per heavy atom. The Bertz CT molecular complexity index is 1070. The van der Waals surface area contributed by atoms with Crippen LogP contribution in [-0.4, -0.2) is 21.5 Å². The van der Waals surface area contributed by atoms with E-state index < -0.39 is 15.8 Å². The maximum atomic E-state index is 14.2. The highest BCUT2D eigenvalue weighted by atomic mass is 32.2. The Labute approximate surface area is 152 Å². The molecular weight excluding hydrogens is 351 g/mol. The van der Waals surface area contributed by atoms with Gasteiger partial charge < -0.3 is 5.32 Å². The molecule has 26 heavy (non-hydrogen) atoms. The third kappa shape index (κ3) is 3.18. The summed E-state index contributed by atoms with van der Waals surface area (Å²) in [6, 6.07) is 17.5. The molecule has 0 amide bonds. The standard InChI is InChI=1S/C20H19FN2O2S/c21-19-12-16(11-14-5-1-2-6-17(14)19)26(24,25)23-10-9-15-13-22-20-8-4-3-7-18(15)20/h1-8,11-12,15,22-23H,9-10,13H2. The molecule has 0 fully saturated rings. The fourth-order valence-electron chi connectivity index (χ4n) is 3.46. The van der Waals surface area contributed by atoms with E-state index in [2.05, 4.69) is 16.1 Å². The maximum absolute atomic E-state index is 14.2. The van der Waals surface area contributed by atoms with E-state index in [0.717, 1.165) is 18.3 Å². The van der Waals surface area contributed by atoms with Crippen LogP contribution >= 0.6 is 0 Å². The smallest absolute Gasteiger partial charge is 0.240 e. The molecule has 0 aromatic heterocycles. The van der Waals surface area contributed by atoms with Crippen LogP contribution < -0.4 is 10.0 Å². The number of anilines is 1. The molecule has 1 atom stereocenters. The molecule has 6 heteroatoms. The summed E-state index contributed by atoms with van der Waals surface area (Å²) in [7, 11) is -3.75. The zero-order valence-electron chi connectivity index (χ0n) is 14.1. The van der Waals surface area contributed by atoms with E-state index in [0.29, 0.717) is 23.7 Å². The highest BCUT2D eigenvalue weighted by Gasteiger charge is 2.22. The van der Waals surface area contributed by atoms with Gasteiger partial charge in [-0.05, 0) is 35.6 Å². The second-order valence-electron chi connectivity index (χ2n) is 6.48. The van der Waals surface area contributed by atoms with Gasteiger partial charge in [0.05, 0.1) is 4.90 Å². The van der Waals surface area contributed by atoms with Gasteiger partial charge in [-0.2, -0.15) is 0 Å². The van der Waals surface area contributed by atoms with Crippen LogP contribution in [-0.2, 0) is 10.0 Å². The molecule has 3 aromatic carbocycles. The van der Waals surface area contributed by atoms with E-state index in [9.17, 15) is 12.8 Å². The van der Waals surface area contributed by atoms with Crippen molar-refractivity contribution in [2.24, 2.45) is 0 Å². The van der Waals surface area contributed by atoms with Crippen LogP contribution in [0.1, 0.15) is 17.9 Å². The first-order valence-electron chi connectivity index (χ1n) is 8.55. The quantitative estimate of drug-likeness (QED) is 0.717. The van der Waals surface area contributed by atoms with Gasteiger partial charge in [0, 0.05) is 30.1 Å². The van der Waals surface area contributed by atoms with Crippen LogP contribution in [0.15, 0.2) is 65.6 Å². The fourth-order valence-corrected chi connectivity index (χ4v) is 4.55. The second-order valence-corrected chi connectivity index (χ2v) is 8.24. The van der Waals surface area contributed by atoms with Crippen molar-refractivity contribution in [1.82, 2.24) is 4.72 Å². The van der Waals surface area contributed by atoms with Crippen molar-refractivity contribution in [2.75, 3.05) is 18.4 Å². The summed E-state index contributed by atoms with van der Waals surface area (Å²) >= 11 is 0. The molecule has 3 aromatic rings. The minimum Gasteiger partial charge on any atom is -0.384 e. The molecule has 0 spiro atoms. The summed E-state index contributed by atoms with van der Waals surface area (Å²) in [6.07, 6.45) is 0.680. The minimum absolute atomic E-state index is 0.0429. The monoisotopic (exact) mass is 370 g/mol. The van der Waals surface area contributed by atoms with Crippen LogP contribution in [0.2, 0.25) is 0 Å². The minimum atomic E-state index is -3.75. The van der Waals surface area contributed by atoms with Gasteiger partial charge in [-0.15, -0.1) is 0 Å². The molecule has 1 aliphatic rings. The highest BCUT2D eigenvalue weighted by Crippen LogP contribution is 2.33. The van der Waals surface area contributed by atoms with Gasteiger partial charge in [-0.25, -0.2) is 17.5 Å². The van der Waals surface area contributed by atoms with Crippen molar-refractivity contribution in [1.29, 1.82) is 0 Å². The Balaban J connectivity index is 1.48. The lowest BCUT2D eigenvalue weighted by Crippen LogP contribution is -2.26. The van der Waals surface area contributed by atoms with Gasteiger partial charge in [0.2, 0.25) is 10.0 Å². The largest absolute Gasteiger partial charge is 0.384 e. The molecule has 4 nitrogen and oxygen atoms in total. The number of benzene rings is 3. The first-order valence-corrected chi connectivity index (χ1v) is 10.0. The number of para-hydroxylation sites is 1. The summed E-state index contributed by atoms with van der Waals surface area (Å²) in [5, 5.41) is 4.32. The predicted molar refractivity (Wildman–Crippen MR) is 101 cm³/mol. The fraction of sp³-hybridized carbons (Fsp3) is 0.200. The van der Waals surface area contributed by atoms with Crippen molar-refractivity contribution < 1.29 is 12.8 Å².